The summed E-state index contributed by atoms with van der Waals surface area (Å²) in [5.41, 5.74) is 7.48. The molecule has 2 rings (SSSR count). The predicted octanol–water partition coefficient (Wildman–Crippen LogP) is 2.19. The lowest BCUT2D eigenvalue weighted by Gasteiger charge is -2.14. The quantitative estimate of drug-likeness (QED) is 0.836. The van der Waals surface area contributed by atoms with E-state index in [9.17, 15) is 4.79 Å². The molecule has 3 N–H and O–H groups in total. The number of ether oxygens (including phenoxy) is 2. The average Bonchev–Trinajstić information content (AvgIpc) is 2.99. The Morgan fingerprint density at radius 2 is 2.20 bits per heavy atom. The summed E-state index contributed by atoms with van der Waals surface area (Å²) < 4.78 is 10.9. The summed E-state index contributed by atoms with van der Waals surface area (Å²) in [5, 5.41) is 2.84. The zero-order valence-electron chi connectivity index (χ0n) is 11.8. The Labute approximate surface area is 119 Å². The highest BCUT2D eigenvalue weighted by Gasteiger charge is 2.19. The molecule has 1 aliphatic heterocycles. The van der Waals surface area contributed by atoms with Crippen molar-refractivity contribution in [1.82, 2.24) is 0 Å². The molecular formula is C15H22N2O3. The van der Waals surface area contributed by atoms with Crippen LogP contribution < -0.4 is 11.1 Å². The second-order valence-electron chi connectivity index (χ2n) is 4.94. The normalized spacial score (nSPS) is 17.1. The molecule has 20 heavy (non-hydrogen) atoms. The van der Waals surface area contributed by atoms with Crippen LogP contribution in [0.4, 0.5) is 5.69 Å². The van der Waals surface area contributed by atoms with E-state index in [0.717, 1.165) is 24.1 Å². The van der Waals surface area contributed by atoms with Gasteiger partial charge < -0.3 is 20.5 Å². The molecule has 1 fully saturated rings. The van der Waals surface area contributed by atoms with Crippen molar-refractivity contribution in [1.29, 1.82) is 0 Å². The number of amides is 1. The van der Waals surface area contributed by atoms with Crippen LogP contribution >= 0.6 is 0 Å². The van der Waals surface area contributed by atoms with Gasteiger partial charge in [0, 0.05) is 11.3 Å². The van der Waals surface area contributed by atoms with Gasteiger partial charge in [0.05, 0.1) is 19.3 Å². The van der Waals surface area contributed by atoms with Crippen molar-refractivity contribution >= 4 is 11.6 Å². The van der Waals surface area contributed by atoms with Crippen LogP contribution in [0.2, 0.25) is 0 Å². The second-order valence-corrected chi connectivity index (χ2v) is 4.94. The summed E-state index contributed by atoms with van der Waals surface area (Å²) in [6.45, 7) is 3.28. The molecule has 1 heterocycles. The lowest BCUT2D eigenvalue weighted by atomic mass is 10.1. The Balaban J connectivity index is 1.95. The first-order chi connectivity index (χ1) is 9.70. The van der Waals surface area contributed by atoms with Crippen molar-refractivity contribution in [3.05, 3.63) is 29.8 Å². The Hall–Kier alpha value is -1.43. The molecule has 0 saturated carbocycles. The maximum atomic E-state index is 12.0. The molecule has 1 aromatic rings. The fraction of sp³-hybridized carbons (Fsp3) is 0.533. The summed E-state index contributed by atoms with van der Waals surface area (Å²) >= 11 is 0. The molecule has 1 atom stereocenters. The van der Waals surface area contributed by atoms with Gasteiger partial charge in [-0.05, 0) is 18.6 Å². The Morgan fingerprint density at radius 3 is 2.90 bits per heavy atom. The molecule has 0 spiro atoms. The van der Waals surface area contributed by atoms with Gasteiger partial charge in [0.1, 0.15) is 0 Å². The van der Waals surface area contributed by atoms with E-state index < -0.39 is 6.04 Å². The van der Waals surface area contributed by atoms with Crippen molar-refractivity contribution in [2.24, 2.45) is 5.73 Å². The number of hydrogen-bond acceptors (Lipinski definition) is 4. The van der Waals surface area contributed by atoms with Crippen LogP contribution in [-0.2, 0) is 14.3 Å². The zero-order chi connectivity index (χ0) is 14.4. The summed E-state index contributed by atoms with van der Waals surface area (Å²) in [4.78, 5) is 12.0. The van der Waals surface area contributed by atoms with E-state index in [4.69, 9.17) is 15.2 Å². The minimum Gasteiger partial charge on any atom is -0.346 e. The molecule has 0 aliphatic carbocycles. The van der Waals surface area contributed by atoms with Gasteiger partial charge in [-0.1, -0.05) is 31.9 Å². The molecule has 5 nitrogen and oxygen atoms in total. The van der Waals surface area contributed by atoms with Gasteiger partial charge in [-0.15, -0.1) is 0 Å². The molecule has 1 aromatic carbocycles. The first-order valence-electron chi connectivity index (χ1n) is 7.10. The number of benzene rings is 1. The van der Waals surface area contributed by atoms with E-state index in [2.05, 4.69) is 12.2 Å². The van der Waals surface area contributed by atoms with E-state index >= 15 is 0 Å². The lowest BCUT2D eigenvalue weighted by Crippen LogP contribution is -2.35. The smallest absolute Gasteiger partial charge is 0.241 e. The maximum Gasteiger partial charge on any atom is 0.241 e. The number of hydrogen-bond donors (Lipinski definition) is 2. The van der Waals surface area contributed by atoms with Gasteiger partial charge in [-0.2, -0.15) is 0 Å². The van der Waals surface area contributed by atoms with Crippen LogP contribution in [0, 0.1) is 0 Å². The number of nitrogens with two attached hydrogens (primary N) is 1. The SMILES string of the molecule is CCCC[C@H](N)C(=O)Nc1cccc(C2OCCO2)c1. The van der Waals surface area contributed by atoms with Crippen molar-refractivity contribution < 1.29 is 14.3 Å². The Morgan fingerprint density at radius 1 is 1.45 bits per heavy atom. The molecule has 5 heteroatoms. The minimum absolute atomic E-state index is 0.149. The second kappa shape index (κ2) is 7.38. The van der Waals surface area contributed by atoms with Crippen molar-refractivity contribution in [2.75, 3.05) is 18.5 Å². The van der Waals surface area contributed by atoms with E-state index in [0.29, 0.717) is 19.6 Å². The Kier molecular flexibility index (Phi) is 5.52. The van der Waals surface area contributed by atoms with Crippen LogP contribution in [0.25, 0.3) is 0 Å². The average molecular weight is 278 g/mol. The first kappa shape index (κ1) is 15.0. The lowest BCUT2D eigenvalue weighted by molar-refractivity contribution is -0.117. The molecule has 1 saturated heterocycles. The number of nitrogens with one attached hydrogen (secondary N) is 1. The summed E-state index contributed by atoms with van der Waals surface area (Å²) in [5.74, 6) is -0.149. The van der Waals surface area contributed by atoms with Crippen LogP contribution in [0.15, 0.2) is 24.3 Å². The zero-order valence-corrected chi connectivity index (χ0v) is 11.8. The molecule has 0 unspecified atom stereocenters. The number of unbranched alkanes of at least 4 members (excludes halogenated alkanes) is 1. The van der Waals surface area contributed by atoms with Crippen LogP contribution in [0.3, 0.4) is 0 Å². The molecular weight excluding hydrogens is 256 g/mol. The van der Waals surface area contributed by atoms with E-state index in [1.165, 1.54) is 0 Å². The van der Waals surface area contributed by atoms with Crippen molar-refractivity contribution in [3.8, 4) is 0 Å². The molecule has 1 aliphatic rings. The summed E-state index contributed by atoms with van der Waals surface area (Å²) in [7, 11) is 0. The third-order valence-corrected chi connectivity index (χ3v) is 3.25. The predicted molar refractivity (Wildman–Crippen MR) is 77.2 cm³/mol. The number of carbonyl (C=O) groups is 1. The molecule has 0 bridgehead atoms. The summed E-state index contributed by atoms with van der Waals surface area (Å²) in [6.07, 6.45) is 2.36. The number of rotatable bonds is 6. The maximum absolute atomic E-state index is 12.0. The number of carbonyl (C=O) groups excluding carboxylic acids is 1. The van der Waals surface area contributed by atoms with Crippen LogP contribution in [0.1, 0.15) is 38.0 Å². The van der Waals surface area contributed by atoms with E-state index in [-0.39, 0.29) is 12.2 Å². The minimum atomic E-state index is -0.461. The molecule has 1 amide bonds. The molecule has 0 radical (unpaired) electrons. The van der Waals surface area contributed by atoms with E-state index in [1.807, 2.05) is 24.3 Å². The third kappa shape index (κ3) is 4.03. The first-order valence-corrected chi connectivity index (χ1v) is 7.10. The van der Waals surface area contributed by atoms with Crippen molar-refractivity contribution in [2.45, 2.75) is 38.5 Å². The molecule has 110 valence electrons. The highest BCUT2D eigenvalue weighted by molar-refractivity contribution is 5.94. The van der Waals surface area contributed by atoms with Crippen LogP contribution in [0.5, 0.6) is 0 Å². The van der Waals surface area contributed by atoms with Gasteiger partial charge in [0.15, 0.2) is 6.29 Å². The van der Waals surface area contributed by atoms with Gasteiger partial charge in [0.25, 0.3) is 0 Å². The third-order valence-electron chi connectivity index (χ3n) is 3.25. The number of anilines is 1. The highest BCUT2D eigenvalue weighted by atomic mass is 16.7. The fourth-order valence-electron chi connectivity index (χ4n) is 2.10. The monoisotopic (exact) mass is 278 g/mol. The van der Waals surface area contributed by atoms with E-state index in [1.54, 1.807) is 0 Å². The van der Waals surface area contributed by atoms with Gasteiger partial charge in [-0.25, -0.2) is 0 Å². The van der Waals surface area contributed by atoms with Crippen molar-refractivity contribution in [3.63, 3.8) is 0 Å². The van der Waals surface area contributed by atoms with Gasteiger partial charge in [0.2, 0.25) is 5.91 Å². The van der Waals surface area contributed by atoms with Crippen LogP contribution in [-0.4, -0.2) is 25.2 Å². The van der Waals surface area contributed by atoms with Gasteiger partial charge >= 0.3 is 0 Å². The van der Waals surface area contributed by atoms with Gasteiger partial charge in [-0.3, -0.25) is 4.79 Å². The highest BCUT2D eigenvalue weighted by Crippen LogP contribution is 2.25. The Bertz CT molecular complexity index is 444. The fourth-order valence-corrected chi connectivity index (χ4v) is 2.10. The largest absolute Gasteiger partial charge is 0.346 e. The standard InChI is InChI=1S/C15H22N2O3/c1-2-3-7-13(16)14(18)17-12-6-4-5-11(10-12)15-19-8-9-20-15/h4-6,10,13,15H,2-3,7-9,16H2,1H3,(H,17,18)/t13-/m0/s1. The molecule has 0 aromatic heterocycles. The summed E-state index contributed by atoms with van der Waals surface area (Å²) in [6, 6.07) is 7.03. The topological polar surface area (TPSA) is 73.6 Å².